The zero-order valence-corrected chi connectivity index (χ0v) is 20.4. The molecule has 2 bridgehead atoms. The zero-order chi connectivity index (χ0) is 23.0. The minimum atomic E-state index is -3.51. The van der Waals surface area contributed by atoms with E-state index in [2.05, 4.69) is 9.80 Å². The van der Waals surface area contributed by atoms with Crippen LogP contribution in [0.4, 0.5) is 5.69 Å². The molecule has 3 saturated heterocycles. The molecule has 3 aliphatic rings. The summed E-state index contributed by atoms with van der Waals surface area (Å²) in [5.41, 5.74) is 0.999. The Kier molecular flexibility index (Phi) is 6.65. The summed E-state index contributed by atoms with van der Waals surface area (Å²) in [6.45, 7) is 3.57. The van der Waals surface area contributed by atoms with E-state index in [1.807, 2.05) is 12.1 Å². The normalized spacial score (nSPS) is 29.3. The van der Waals surface area contributed by atoms with Crippen molar-refractivity contribution in [2.75, 3.05) is 51.4 Å². The molecule has 5 rings (SSSR count). The molecule has 0 radical (unpaired) electrons. The molecule has 4 heterocycles. The number of phenolic OH excluding ortho intramolecular Hbond substituents is 1. The van der Waals surface area contributed by atoms with E-state index in [9.17, 15) is 13.5 Å². The van der Waals surface area contributed by atoms with Crippen LogP contribution in [0.3, 0.4) is 0 Å². The minimum absolute atomic E-state index is 0.0137. The number of fused-ring (bicyclic) bond motifs is 2. The summed E-state index contributed by atoms with van der Waals surface area (Å²) in [6, 6.07) is 11.2. The number of nitrogens with zero attached hydrogens (tertiary/aromatic N) is 3. The molecule has 3 fully saturated rings. The van der Waals surface area contributed by atoms with Crippen molar-refractivity contribution in [1.82, 2.24) is 9.21 Å². The molecule has 33 heavy (non-hydrogen) atoms. The number of benzene rings is 1. The molecule has 8 nitrogen and oxygen atoms in total. The van der Waals surface area contributed by atoms with Gasteiger partial charge in [0.25, 0.3) is 10.0 Å². The second kappa shape index (κ2) is 9.52. The Labute approximate surface area is 199 Å². The van der Waals surface area contributed by atoms with Gasteiger partial charge in [0.2, 0.25) is 0 Å². The molecule has 1 unspecified atom stereocenters. The van der Waals surface area contributed by atoms with E-state index in [1.54, 1.807) is 41.1 Å². The predicted molar refractivity (Wildman–Crippen MR) is 127 cm³/mol. The average molecular weight is 494 g/mol. The molecule has 2 aromatic rings. The van der Waals surface area contributed by atoms with Gasteiger partial charge in [0.05, 0.1) is 25.4 Å². The van der Waals surface area contributed by atoms with Crippen molar-refractivity contribution in [2.24, 2.45) is 0 Å². The van der Waals surface area contributed by atoms with Gasteiger partial charge < -0.3 is 19.5 Å². The lowest BCUT2D eigenvalue weighted by atomic mass is 9.91. The first-order chi connectivity index (χ1) is 16.0. The van der Waals surface area contributed by atoms with E-state index in [0.29, 0.717) is 37.1 Å². The number of hydrogen-bond donors (Lipinski definition) is 1. The molecule has 180 valence electrons. The Balaban J connectivity index is 1.41. The van der Waals surface area contributed by atoms with Gasteiger partial charge in [0, 0.05) is 51.1 Å². The lowest BCUT2D eigenvalue weighted by Gasteiger charge is -2.51. The second-order valence-corrected chi connectivity index (χ2v) is 12.1. The van der Waals surface area contributed by atoms with Crippen LogP contribution in [0.1, 0.15) is 12.8 Å². The minimum Gasteiger partial charge on any atom is -0.508 e. The fraction of sp³-hybridized carbons (Fsp3) is 0.565. The van der Waals surface area contributed by atoms with Crippen molar-refractivity contribution < 1.29 is 23.0 Å². The summed E-state index contributed by atoms with van der Waals surface area (Å²) in [5.74, 6) is 0.225. The van der Waals surface area contributed by atoms with Crippen LogP contribution >= 0.6 is 11.3 Å². The number of aromatic hydroxyl groups is 1. The van der Waals surface area contributed by atoms with E-state index < -0.39 is 10.0 Å². The second-order valence-electron chi connectivity index (χ2n) is 9.03. The van der Waals surface area contributed by atoms with Crippen molar-refractivity contribution >= 4 is 27.0 Å². The van der Waals surface area contributed by atoms with Crippen LogP contribution in [0, 0.1) is 0 Å². The van der Waals surface area contributed by atoms with Gasteiger partial charge in [-0.15, -0.1) is 11.3 Å². The molecular formula is C23H31N3O5S2. The number of morpholine rings is 1. The number of ether oxygens (including phenoxy) is 2. The number of anilines is 1. The molecule has 0 spiro atoms. The molecule has 1 N–H and O–H groups in total. The predicted octanol–water partition coefficient (Wildman–Crippen LogP) is 2.21. The number of phenols is 1. The molecule has 0 aliphatic carbocycles. The summed E-state index contributed by atoms with van der Waals surface area (Å²) in [4.78, 5) is 4.80. The van der Waals surface area contributed by atoms with Crippen LogP contribution in [0.25, 0.3) is 0 Å². The van der Waals surface area contributed by atoms with Crippen molar-refractivity contribution in [2.45, 2.75) is 41.3 Å². The van der Waals surface area contributed by atoms with Crippen LogP contribution in [-0.4, -0.2) is 93.5 Å². The quantitative estimate of drug-likeness (QED) is 0.661. The maximum Gasteiger partial charge on any atom is 0.252 e. The first-order valence-corrected chi connectivity index (χ1v) is 13.7. The van der Waals surface area contributed by atoms with E-state index in [4.69, 9.17) is 9.47 Å². The summed E-state index contributed by atoms with van der Waals surface area (Å²) in [6.07, 6.45) is 2.10. The maximum atomic E-state index is 13.3. The van der Waals surface area contributed by atoms with Crippen LogP contribution in [-0.2, 0) is 19.5 Å². The smallest absolute Gasteiger partial charge is 0.252 e. The van der Waals surface area contributed by atoms with E-state index in [1.165, 1.54) is 11.3 Å². The lowest BCUT2D eigenvalue weighted by molar-refractivity contribution is -0.114. The summed E-state index contributed by atoms with van der Waals surface area (Å²) in [7, 11) is -1.74. The Hall–Kier alpha value is -1.69. The van der Waals surface area contributed by atoms with Crippen LogP contribution in [0.2, 0.25) is 0 Å². The highest BCUT2D eigenvalue weighted by Gasteiger charge is 2.42. The van der Waals surface area contributed by atoms with Crippen LogP contribution < -0.4 is 4.90 Å². The fourth-order valence-electron chi connectivity index (χ4n) is 5.40. The molecule has 1 aromatic heterocycles. The number of methoxy groups -OCH3 is 1. The molecule has 1 aromatic carbocycles. The Morgan fingerprint density at radius 1 is 1.12 bits per heavy atom. The van der Waals surface area contributed by atoms with Crippen LogP contribution in [0.5, 0.6) is 5.75 Å². The maximum absolute atomic E-state index is 13.3. The monoisotopic (exact) mass is 493 g/mol. The number of piperidine rings is 1. The third-order valence-electron chi connectivity index (χ3n) is 7.10. The van der Waals surface area contributed by atoms with Crippen molar-refractivity contribution in [1.29, 1.82) is 0 Å². The topological polar surface area (TPSA) is 82.6 Å². The number of hydrogen-bond acceptors (Lipinski definition) is 8. The number of piperazine rings is 1. The lowest BCUT2D eigenvalue weighted by Crippen LogP contribution is -2.64. The first kappa shape index (κ1) is 23.1. The highest BCUT2D eigenvalue weighted by molar-refractivity contribution is 7.91. The third kappa shape index (κ3) is 4.65. The third-order valence-corrected chi connectivity index (χ3v) is 10.3. The fourth-order valence-corrected chi connectivity index (χ4v) is 8.01. The average Bonchev–Trinajstić information content (AvgIpc) is 3.35. The molecular weight excluding hydrogens is 462 g/mol. The Morgan fingerprint density at radius 3 is 2.48 bits per heavy atom. The number of sulfonamides is 1. The summed E-state index contributed by atoms with van der Waals surface area (Å²) >= 11 is 1.26. The number of rotatable bonds is 6. The van der Waals surface area contributed by atoms with E-state index >= 15 is 0 Å². The zero-order valence-electron chi connectivity index (χ0n) is 18.7. The molecule has 0 amide bonds. The van der Waals surface area contributed by atoms with Crippen molar-refractivity contribution in [3.05, 3.63) is 41.8 Å². The van der Waals surface area contributed by atoms with Gasteiger partial charge in [0.15, 0.2) is 0 Å². The molecule has 4 atom stereocenters. The van der Waals surface area contributed by atoms with Gasteiger partial charge in [0.1, 0.15) is 9.96 Å². The van der Waals surface area contributed by atoms with Gasteiger partial charge in [-0.1, -0.05) is 6.07 Å². The molecule has 3 aliphatic heterocycles. The number of thiophene rings is 1. The van der Waals surface area contributed by atoms with Gasteiger partial charge in [-0.05, 0) is 48.6 Å². The van der Waals surface area contributed by atoms with E-state index in [0.717, 1.165) is 25.1 Å². The van der Waals surface area contributed by atoms with E-state index in [-0.39, 0.29) is 30.0 Å². The summed E-state index contributed by atoms with van der Waals surface area (Å²) < 4.78 is 40.1. The highest BCUT2D eigenvalue weighted by Crippen LogP contribution is 2.32. The first-order valence-electron chi connectivity index (χ1n) is 11.4. The van der Waals surface area contributed by atoms with Gasteiger partial charge >= 0.3 is 0 Å². The standard InChI is InChI=1S/C23H31N3O5S2/c1-30-22-11-18-15-31-16-19(12-22)26(18)14-20-13-24(33(28,29)23-3-2-10-32-23)8-9-25(20)17-4-6-21(27)7-5-17/h2-7,10,18-20,22,27H,8-9,11-16H2,1H3/t18-,19+,20-,22?/m1/s1. The van der Waals surface area contributed by atoms with Gasteiger partial charge in [-0.2, -0.15) is 4.31 Å². The van der Waals surface area contributed by atoms with Gasteiger partial charge in [-0.3, -0.25) is 4.90 Å². The highest BCUT2D eigenvalue weighted by atomic mass is 32.2. The summed E-state index contributed by atoms with van der Waals surface area (Å²) in [5, 5.41) is 11.6. The van der Waals surface area contributed by atoms with Crippen molar-refractivity contribution in [3.63, 3.8) is 0 Å². The Bertz CT molecular complexity index is 1020. The molecule has 10 heteroatoms. The Morgan fingerprint density at radius 2 is 1.85 bits per heavy atom. The van der Waals surface area contributed by atoms with Crippen molar-refractivity contribution in [3.8, 4) is 5.75 Å². The van der Waals surface area contributed by atoms with Crippen LogP contribution in [0.15, 0.2) is 46.0 Å². The van der Waals surface area contributed by atoms with Gasteiger partial charge in [-0.25, -0.2) is 8.42 Å². The SMILES string of the molecule is COC1C[C@H]2COC[C@@H](C1)N2C[C@H]1CN(S(=O)(=O)c2cccs2)CCN1c1ccc(O)cc1. The molecule has 0 saturated carbocycles. The largest absolute Gasteiger partial charge is 0.508 e.